The molecule has 20 heavy (non-hydrogen) atoms. The Balaban J connectivity index is 1.72. The van der Waals surface area contributed by atoms with Gasteiger partial charge >= 0.3 is 0 Å². The summed E-state index contributed by atoms with van der Waals surface area (Å²) in [6.07, 6.45) is 5.47. The molecule has 2 aliphatic rings. The summed E-state index contributed by atoms with van der Waals surface area (Å²) in [4.78, 5) is 2.70. The minimum Gasteiger partial charge on any atom is -0.311 e. The fourth-order valence-electron chi connectivity index (χ4n) is 4.03. The van der Waals surface area contributed by atoms with Crippen molar-refractivity contribution < 1.29 is 0 Å². The monoisotopic (exact) mass is 272 g/mol. The van der Waals surface area contributed by atoms with Gasteiger partial charge in [0.25, 0.3) is 0 Å². The number of fused-ring (bicyclic) bond motifs is 2. The van der Waals surface area contributed by atoms with Gasteiger partial charge in [-0.05, 0) is 62.8 Å². The quantitative estimate of drug-likeness (QED) is 0.903. The average molecular weight is 272 g/mol. The Morgan fingerprint density at radius 1 is 1.15 bits per heavy atom. The summed E-state index contributed by atoms with van der Waals surface area (Å²) in [5, 5.41) is 3.76. The van der Waals surface area contributed by atoms with E-state index in [-0.39, 0.29) is 0 Å². The lowest BCUT2D eigenvalue weighted by Crippen LogP contribution is -2.48. The molecular formula is C18H28N2. The number of benzene rings is 1. The molecule has 0 amide bonds. The minimum absolute atomic E-state index is 0.777. The van der Waals surface area contributed by atoms with Gasteiger partial charge in [0.2, 0.25) is 0 Å². The van der Waals surface area contributed by atoms with Crippen molar-refractivity contribution >= 4 is 0 Å². The molecule has 0 aliphatic carbocycles. The van der Waals surface area contributed by atoms with Crippen LogP contribution < -0.4 is 5.32 Å². The lowest BCUT2D eigenvalue weighted by Gasteiger charge is -2.37. The van der Waals surface area contributed by atoms with Crippen LogP contribution in [0.15, 0.2) is 18.2 Å². The van der Waals surface area contributed by atoms with E-state index in [2.05, 4.69) is 49.2 Å². The Hall–Kier alpha value is -0.860. The van der Waals surface area contributed by atoms with E-state index in [9.17, 15) is 0 Å². The third-order valence-corrected chi connectivity index (χ3v) is 5.46. The summed E-state index contributed by atoms with van der Waals surface area (Å²) in [5.74, 6) is 0. The Kier molecular flexibility index (Phi) is 4.13. The summed E-state index contributed by atoms with van der Waals surface area (Å²) < 4.78 is 0. The van der Waals surface area contributed by atoms with Gasteiger partial charge in [0.05, 0.1) is 0 Å². The molecule has 2 aliphatic heterocycles. The number of rotatable bonds is 4. The van der Waals surface area contributed by atoms with Crippen LogP contribution in [0.5, 0.6) is 0 Å². The standard InChI is InChI=1S/C18H28N2/c1-4-20(12-15-7-5-6-13(2)14(15)3)18-10-16-8-9-17(11-18)19-16/h5-7,16-19H,4,8-12H2,1-3H3. The van der Waals surface area contributed by atoms with Crippen LogP contribution in [0.1, 0.15) is 49.3 Å². The van der Waals surface area contributed by atoms with Gasteiger partial charge in [-0.3, -0.25) is 4.90 Å². The molecule has 2 heterocycles. The molecule has 1 aromatic rings. The third-order valence-electron chi connectivity index (χ3n) is 5.46. The van der Waals surface area contributed by atoms with E-state index in [0.29, 0.717) is 0 Å². The maximum absolute atomic E-state index is 3.76. The third kappa shape index (κ3) is 2.77. The molecule has 2 heteroatoms. The van der Waals surface area contributed by atoms with E-state index in [1.54, 1.807) is 0 Å². The van der Waals surface area contributed by atoms with E-state index in [1.165, 1.54) is 42.4 Å². The number of nitrogens with one attached hydrogen (secondary N) is 1. The first-order valence-electron chi connectivity index (χ1n) is 8.22. The second-order valence-electron chi connectivity index (χ2n) is 6.69. The molecule has 0 saturated carbocycles. The molecule has 3 rings (SSSR count). The van der Waals surface area contributed by atoms with Crippen LogP contribution >= 0.6 is 0 Å². The van der Waals surface area contributed by atoms with E-state index in [4.69, 9.17) is 0 Å². The van der Waals surface area contributed by atoms with Crippen LogP contribution in [0, 0.1) is 13.8 Å². The maximum atomic E-state index is 3.76. The molecule has 0 spiro atoms. The highest BCUT2D eigenvalue weighted by atomic mass is 15.2. The van der Waals surface area contributed by atoms with Gasteiger partial charge in [0, 0.05) is 24.7 Å². The van der Waals surface area contributed by atoms with E-state index < -0.39 is 0 Å². The molecule has 1 N–H and O–H groups in total. The fourth-order valence-corrected chi connectivity index (χ4v) is 4.03. The number of hydrogen-bond acceptors (Lipinski definition) is 2. The van der Waals surface area contributed by atoms with Crippen molar-refractivity contribution in [3.63, 3.8) is 0 Å². The minimum atomic E-state index is 0.777. The second-order valence-corrected chi connectivity index (χ2v) is 6.69. The van der Waals surface area contributed by atoms with Gasteiger partial charge in [-0.15, -0.1) is 0 Å². The maximum Gasteiger partial charge on any atom is 0.0239 e. The molecule has 0 radical (unpaired) electrons. The molecule has 2 unspecified atom stereocenters. The van der Waals surface area contributed by atoms with Crippen molar-refractivity contribution in [1.82, 2.24) is 10.2 Å². The molecule has 2 nitrogen and oxygen atoms in total. The molecule has 0 aromatic heterocycles. The summed E-state index contributed by atoms with van der Waals surface area (Å²) in [7, 11) is 0. The first-order valence-corrected chi connectivity index (χ1v) is 8.22. The lowest BCUT2D eigenvalue weighted by atomic mass is 9.96. The van der Waals surface area contributed by atoms with Gasteiger partial charge in [0.15, 0.2) is 0 Å². The van der Waals surface area contributed by atoms with Crippen LogP contribution in [-0.2, 0) is 6.54 Å². The smallest absolute Gasteiger partial charge is 0.0239 e. The molecule has 2 saturated heterocycles. The van der Waals surface area contributed by atoms with Gasteiger partial charge in [-0.1, -0.05) is 25.1 Å². The van der Waals surface area contributed by atoms with Gasteiger partial charge in [-0.25, -0.2) is 0 Å². The van der Waals surface area contributed by atoms with Crippen molar-refractivity contribution in [3.05, 3.63) is 34.9 Å². The predicted molar refractivity (Wildman–Crippen MR) is 85.0 cm³/mol. The number of piperidine rings is 1. The first-order chi connectivity index (χ1) is 9.67. The largest absolute Gasteiger partial charge is 0.311 e. The van der Waals surface area contributed by atoms with Crippen LogP contribution in [0.4, 0.5) is 0 Å². The molecule has 110 valence electrons. The Labute approximate surface area is 123 Å². The zero-order valence-electron chi connectivity index (χ0n) is 13.2. The molecular weight excluding hydrogens is 244 g/mol. The van der Waals surface area contributed by atoms with Crippen molar-refractivity contribution in [1.29, 1.82) is 0 Å². The van der Waals surface area contributed by atoms with Crippen LogP contribution in [0.2, 0.25) is 0 Å². The molecule has 2 atom stereocenters. The Bertz CT molecular complexity index is 456. The molecule has 2 bridgehead atoms. The second kappa shape index (κ2) is 5.87. The van der Waals surface area contributed by atoms with E-state index in [1.807, 2.05) is 0 Å². The normalized spacial score (nSPS) is 29.1. The van der Waals surface area contributed by atoms with Crippen LogP contribution in [0.25, 0.3) is 0 Å². The Morgan fingerprint density at radius 3 is 2.50 bits per heavy atom. The van der Waals surface area contributed by atoms with Crippen LogP contribution in [-0.4, -0.2) is 29.6 Å². The number of hydrogen-bond donors (Lipinski definition) is 1. The topological polar surface area (TPSA) is 15.3 Å². The lowest BCUT2D eigenvalue weighted by molar-refractivity contribution is 0.140. The summed E-state index contributed by atoms with van der Waals surface area (Å²) in [6, 6.07) is 9.08. The highest BCUT2D eigenvalue weighted by molar-refractivity contribution is 5.33. The average Bonchev–Trinajstić information content (AvgIpc) is 2.79. The van der Waals surface area contributed by atoms with Crippen molar-refractivity contribution in [2.24, 2.45) is 0 Å². The zero-order valence-corrected chi connectivity index (χ0v) is 13.2. The van der Waals surface area contributed by atoms with Crippen molar-refractivity contribution in [3.8, 4) is 0 Å². The summed E-state index contributed by atoms with van der Waals surface area (Å²) in [5.41, 5.74) is 4.41. The van der Waals surface area contributed by atoms with Gasteiger partial charge in [0.1, 0.15) is 0 Å². The van der Waals surface area contributed by atoms with E-state index >= 15 is 0 Å². The van der Waals surface area contributed by atoms with Crippen molar-refractivity contribution in [2.45, 2.75) is 71.1 Å². The molecule has 1 aromatic carbocycles. The molecule has 2 fully saturated rings. The number of nitrogens with zero attached hydrogens (tertiary/aromatic N) is 1. The van der Waals surface area contributed by atoms with Crippen molar-refractivity contribution in [2.75, 3.05) is 6.54 Å². The first kappa shape index (κ1) is 14.1. The Morgan fingerprint density at radius 2 is 1.85 bits per heavy atom. The summed E-state index contributed by atoms with van der Waals surface area (Å²) >= 11 is 0. The number of aryl methyl sites for hydroxylation is 1. The van der Waals surface area contributed by atoms with E-state index in [0.717, 1.165) is 31.2 Å². The van der Waals surface area contributed by atoms with Gasteiger partial charge in [-0.2, -0.15) is 0 Å². The van der Waals surface area contributed by atoms with Gasteiger partial charge < -0.3 is 5.32 Å². The SMILES string of the molecule is CCN(Cc1cccc(C)c1C)C1CC2CCC(C1)N2. The predicted octanol–water partition coefficient (Wildman–Crippen LogP) is 3.41. The summed E-state index contributed by atoms with van der Waals surface area (Å²) in [6.45, 7) is 9.09. The highest BCUT2D eigenvalue weighted by Crippen LogP contribution is 2.30. The zero-order chi connectivity index (χ0) is 14.1. The fraction of sp³-hybridized carbons (Fsp3) is 0.667. The highest BCUT2D eigenvalue weighted by Gasteiger charge is 2.35. The van der Waals surface area contributed by atoms with Crippen LogP contribution in [0.3, 0.4) is 0 Å².